The maximum atomic E-state index is 12.1. The Morgan fingerprint density at radius 3 is 3.00 bits per heavy atom. The van der Waals surface area contributed by atoms with Gasteiger partial charge in [0.2, 0.25) is 0 Å². The number of aromatic amines is 2. The van der Waals surface area contributed by atoms with Gasteiger partial charge in [0.25, 0.3) is 5.91 Å². The largest absolute Gasteiger partial charge is 0.356 e. The van der Waals surface area contributed by atoms with Crippen LogP contribution in [0.25, 0.3) is 0 Å². The van der Waals surface area contributed by atoms with Crippen LogP contribution in [0.15, 0.2) is 15.3 Å². The summed E-state index contributed by atoms with van der Waals surface area (Å²) in [4.78, 5) is 22.9. The summed E-state index contributed by atoms with van der Waals surface area (Å²) in [6.07, 6.45) is 2.64. The normalized spacial score (nSPS) is 18.0. The first-order valence-corrected chi connectivity index (χ1v) is 8.34. The van der Waals surface area contributed by atoms with Crippen molar-refractivity contribution < 1.29 is 4.79 Å². The van der Waals surface area contributed by atoms with Gasteiger partial charge in [0, 0.05) is 30.3 Å². The molecular formula is C13H15Br2N5O. The van der Waals surface area contributed by atoms with E-state index in [2.05, 4.69) is 57.4 Å². The predicted molar refractivity (Wildman–Crippen MR) is 87.7 cm³/mol. The molecule has 3 heterocycles. The summed E-state index contributed by atoms with van der Waals surface area (Å²) in [6.45, 7) is 3.46. The standard InChI is InChI=1S/C13H15Br2N5O/c1-2-16-13-18-5-7(19-13)6-3-4-17-12(21)10-8(6)9(14)11(15)20-10/h5-6,20H,2-4H2,1H3,(H,17,21)(H2,16,18,19). The minimum absolute atomic E-state index is 0.0784. The van der Waals surface area contributed by atoms with Crippen molar-refractivity contribution >= 4 is 43.7 Å². The number of imidazole rings is 1. The van der Waals surface area contributed by atoms with Gasteiger partial charge >= 0.3 is 0 Å². The van der Waals surface area contributed by atoms with Crippen LogP contribution in [-0.2, 0) is 0 Å². The predicted octanol–water partition coefficient (Wildman–Crippen LogP) is 2.96. The molecule has 0 spiro atoms. The third-order valence-electron chi connectivity index (χ3n) is 3.54. The van der Waals surface area contributed by atoms with E-state index in [0.717, 1.165) is 39.2 Å². The summed E-state index contributed by atoms with van der Waals surface area (Å²) in [7, 11) is 0. The lowest BCUT2D eigenvalue weighted by molar-refractivity contribution is 0.0951. The van der Waals surface area contributed by atoms with Gasteiger partial charge in [-0.1, -0.05) is 0 Å². The Bertz CT molecular complexity index is 678. The topological polar surface area (TPSA) is 85.6 Å². The monoisotopic (exact) mass is 415 g/mol. The van der Waals surface area contributed by atoms with Crippen molar-refractivity contribution in [3.8, 4) is 0 Å². The van der Waals surface area contributed by atoms with Crippen molar-refractivity contribution in [3.05, 3.63) is 32.2 Å². The number of hydrogen-bond acceptors (Lipinski definition) is 3. The Balaban J connectivity index is 2.05. The molecule has 2 aromatic heterocycles. The number of anilines is 1. The van der Waals surface area contributed by atoms with Crippen molar-refractivity contribution in [2.24, 2.45) is 0 Å². The maximum absolute atomic E-state index is 12.1. The fourth-order valence-electron chi connectivity index (χ4n) is 2.61. The van der Waals surface area contributed by atoms with Gasteiger partial charge in [-0.3, -0.25) is 4.79 Å². The van der Waals surface area contributed by atoms with Gasteiger partial charge in [0.15, 0.2) is 5.95 Å². The summed E-state index contributed by atoms with van der Waals surface area (Å²) in [5.74, 6) is 0.754. The first-order chi connectivity index (χ1) is 10.1. The number of H-pyrrole nitrogens is 2. The first kappa shape index (κ1) is 14.6. The number of rotatable bonds is 3. The lowest BCUT2D eigenvalue weighted by Gasteiger charge is -2.13. The average molecular weight is 417 g/mol. The molecule has 2 aromatic rings. The van der Waals surface area contributed by atoms with Gasteiger partial charge in [-0.2, -0.15) is 0 Å². The van der Waals surface area contributed by atoms with Crippen LogP contribution in [0.1, 0.15) is 41.0 Å². The SMILES string of the molecule is CCNc1ncc(C2CCNC(=O)c3[nH]c(Br)c(Br)c32)[nH]1. The number of amides is 1. The van der Waals surface area contributed by atoms with Crippen LogP contribution < -0.4 is 10.6 Å². The Morgan fingerprint density at radius 2 is 2.24 bits per heavy atom. The Kier molecular flexibility index (Phi) is 4.08. The van der Waals surface area contributed by atoms with Crippen molar-refractivity contribution in [1.29, 1.82) is 0 Å². The highest BCUT2D eigenvalue weighted by atomic mass is 79.9. The highest BCUT2D eigenvalue weighted by molar-refractivity contribution is 9.13. The molecule has 8 heteroatoms. The van der Waals surface area contributed by atoms with Crippen LogP contribution >= 0.6 is 31.9 Å². The van der Waals surface area contributed by atoms with Gasteiger partial charge in [0.05, 0.1) is 15.3 Å². The zero-order valence-electron chi connectivity index (χ0n) is 11.4. The van der Waals surface area contributed by atoms with Crippen LogP contribution in [0.2, 0.25) is 0 Å². The van der Waals surface area contributed by atoms with Crippen LogP contribution in [0.5, 0.6) is 0 Å². The number of aromatic nitrogens is 3. The summed E-state index contributed by atoms with van der Waals surface area (Å²) in [5, 5.41) is 6.07. The summed E-state index contributed by atoms with van der Waals surface area (Å²) in [5.41, 5.74) is 2.55. The first-order valence-electron chi connectivity index (χ1n) is 6.75. The summed E-state index contributed by atoms with van der Waals surface area (Å²) >= 11 is 7.00. The smallest absolute Gasteiger partial charge is 0.268 e. The van der Waals surface area contributed by atoms with E-state index >= 15 is 0 Å². The molecular weight excluding hydrogens is 402 g/mol. The molecule has 1 unspecified atom stereocenters. The second kappa shape index (κ2) is 5.84. The zero-order chi connectivity index (χ0) is 15.0. The molecule has 4 N–H and O–H groups in total. The Morgan fingerprint density at radius 1 is 1.43 bits per heavy atom. The van der Waals surface area contributed by atoms with E-state index in [0.29, 0.717) is 12.2 Å². The molecule has 1 atom stereocenters. The number of carbonyl (C=O) groups is 1. The number of fused-ring (bicyclic) bond motifs is 1. The molecule has 1 aliphatic rings. The average Bonchev–Trinajstić information content (AvgIpc) is 2.98. The van der Waals surface area contributed by atoms with Crippen molar-refractivity contribution in [3.63, 3.8) is 0 Å². The summed E-state index contributed by atoms with van der Waals surface area (Å²) in [6, 6.07) is 0. The molecule has 21 heavy (non-hydrogen) atoms. The van der Waals surface area contributed by atoms with Gasteiger partial charge < -0.3 is 20.6 Å². The van der Waals surface area contributed by atoms with Gasteiger partial charge in [0.1, 0.15) is 5.69 Å². The van der Waals surface area contributed by atoms with Crippen molar-refractivity contribution in [1.82, 2.24) is 20.3 Å². The molecule has 0 saturated heterocycles. The lowest BCUT2D eigenvalue weighted by Crippen LogP contribution is -2.23. The highest BCUT2D eigenvalue weighted by Crippen LogP contribution is 2.40. The fraction of sp³-hybridized carbons (Fsp3) is 0.385. The van der Waals surface area contributed by atoms with Crippen molar-refractivity contribution in [2.45, 2.75) is 19.3 Å². The summed E-state index contributed by atoms with van der Waals surface area (Å²) < 4.78 is 1.67. The molecule has 0 bridgehead atoms. The van der Waals surface area contributed by atoms with Gasteiger partial charge in [-0.05, 0) is 45.2 Å². The number of hydrogen-bond donors (Lipinski definition) is 4. The van der Waals surface area contributed by atoms with E-state index in [1.165, 1.54) is 0 Å². The molecule has 0 fully saturated rings. The lowest BCUT2D eigenvalue weighted by atomic mass is 9.94. The fourth-order valence-corrected chi connectivity index (χ4v) is 3.60. The third kappa shape index (κ3) is 2.62. The second-order valence-electron chi connectivity index (χ2n) is 4.86. The molecule has 0 radical (unpaired) electrons. The molecule has 6 nitrogen and oxygen atoms in total. The van der Waals surface area contributed by atoms with E-state index in [-0.39, 0.29) is 11.8 Å². The van der Waals surface area contributed by atoms with E-state index < -0.39 is 0 Å². The molecule has 1 amide bonds. The van der Waals surface area contributed by atoms with Crippen LogP contribution in [0.3, 0.4) is 0 Å². The maximum Gasteiger partial charge on any atom is 0.268 e. The van der Waals surface area contributed by atoms with Crippen LogP contribution in [-0.4, -0.2) is 33.9 Å². The minimum Gasteiger partial charge on any atom is -0.356 e. The third-order valence-corrected chi connectivity index (χ3v) is 5.49. The quantitative estimate of drug-likeness (QED) is 0.620. The van der Waals surface area contributed by atoms with E-state index in [1.807, 2.05) is 13.1 Å². The molecule has 1 aliphatic heterocycles. The van der Waals surface area contributed by atoms with Crippen LogP contribution in [0, 0.1) is 0 Å². The number of nitrogens with zero attached hydrogens (tertiary/aromatic N) is 1. The number of nitrogens with one attached hydrogen (secondary N) is 4. The molecule has 0 saturated carbocycles. The number of halogens is 2. The zero-order valence-corrected chi connectivity index (χ0v) is 14.6. The van der Waals surface area contributed by atoms with Gasteiger partial charge in [-0.15, -0.1) is 0 Å². The minimum atomic E-state index is -0.0784. The van der Waals surface area contributed by atoms with Crippen molar-refractivity contribution in [2.75, 3.05) is 18.4 Å². The Hall–Kier alpha value is -1.28. The van der Waals surface area contributed by atoms with E-state index in [4.69, 9.17) is 0 Å². The molecule has 0 aromatic carbocycles. The molecule has 112 valence electrons. The molecule has 0 aliphatic carbocycles. The Labute approximate surface area is 138 Å². The highest BCUT2D eigenvalue weighted by Gasteiger charge is 2.31. The number of carbonyl (C=O) groups excluding carboxylic acids is 1. The second-order valence-corrected chi connectivity index (χ2v) is 6.44. The van der Waals surface area contributed by atoms with Gasteiger partial charge in [-0.25, -0.2) is 4.98 Å². The van der Waals surface area contributed by atoms with E-state index in [9.17, 15) is 4.79 Å². The van der Waals surface area contributed by atoms with Crippen LogP contribution in [0.4, 0.5) is 5.95 Å². The molecule has 3 rings (SSSR count). The van der Waals surface area contributed by atoms with E-state index in [1.54, 1.807) is 0 Å².